The standard InChI is InChI=1S/C9H16N4O3/c1-9(2,7-11-4-6(15)13-7)8(16)12-3-5(10)14/h7,11H,3-4H2,1-2H3,(H2,10,14)(H,12,16)(H,13,15). The molecule has 0 aliphatic carbocycles. The van der Waals surface area contributed by atoms with Crippen LogP contribution in [0.1, 0.15) is 13.8 Å². The van der Waals surface area contributed by atoms with E-state index in [1.165, 1.54) is 0 Å². The van der Waals surface area contributed by atoms with Crippen LogP contribution in [-0.4, -0.2) is 37.0 Å². The average molecular weight is 228 g/mol. The van der Waals surface area contributed by atoms with E-state index in [-0.39, 0.29) is 24.9 Å². The summed E-state index contributed by atoms with van der Waals surface area (Å²) in [6.07, 6.45) is -0.437. The molecule has 0 bridgehead atoms. The van der Waals surface area contributed by atoms with Crippen LogP contribution in [0.15, 0.2) is 0 Å². The fraction of sp³-hybridized carbons (Fsp3) is 0.667. The summed E-state index contributed by atoms with van der Waals surface area (Å²) in [6.45, 7) is 3.33. The molecule has 1 rings (SSSR count). The molecule has 1 aliphatic heterocycles. The van der Waals surface area contributed by atoms with Gasteiger partial charge in [0.05, 0.1) is 24.7 Å². The van der Waals surface area contributed by atoms with Crippen molar-refractivity contribution < 1.29 is 14.4 Å². The third-order valence-corrected chi connectivity index (χ3v) is 2.50. The molecule has 0 aromatic heterocycles. The number of carbonyl (C=O) groups is 3. The van der Waals surface area contributed by atoms with Crippen molar-refractivity contribution in [3.05, 3.63) is 0 Å². The quantitative estimate of drug-likeness (QED) is 0.432. The van der Waals surface area contributed by atoms with E-state index < -0.39 is 17.5 Å². The zero-order valence-corrected chi connectivity index (χ0v) is 9.29. The maximum atomic E-state index is 11.8. The van der Waals surface area contributed by atoms with E-state index in [1.807, 2.05) is 0 Å². The molecule has 5 N–H and O–H groups in total. The second-order valence-corrected chi connectivity index (χ2v) is 4.25. The van der Waals surface area contributed by atoms with Crippen LogP contribution < -0.4 is 21.7 Å². The molecule has 7 nitrogen and oxygen atoms in total. The topological polar surface area (TPSA) is 113 Å². The van der Waals surface area contributed by atoms with Crippen molar-refractivity contribution in [1.82, 2.24) is 16.0 Å². The molecule has 0 spiro atoms. The summed E-state index contributed by atoms with van der Waals surface area (Å²) < 4.78 is 0. The second kappa shape index (κ2) is 4.48. The molecular weight excluding hydrogens is 212 g/mol. The van der Waals surface area contributed by atoms with Gasteiger partial charge in [0.2, 0.25) is 17.7 Å². The normalized spacial score (nSPS) is 20.4. The van der Waals surface area contributed by atoms with Gasteiger partial charge < -0.3 is 16.4 Å². The molecule has 0 aromatic carbocycles. The molecule has 1 heterocycles. The molecule has 7 heteroatoms. The fourth-order valence-electron chi connectivity index (χ4n) is 1.42. The van der Waals surface area contributed by atoms with Crippen LogP contribution in [0, 0.1) is 5.41 Å². The molecule has 16 heavy (non-hydrogen) atoms. The smallest absolute Gasteiger partial charge is 0.236 e. The van der Waals surface area contributed by atoms with E-state index in [0.29, 0.717) is 0 Å². The summed E-state index contributed by atoms with van der Waals surface area (Å²) in [7, 11) is 0. The summed E-state index contributed by atoms with van der Waals surface area (Å²) in [5, 5.41) is 7.92. The lowest BCUT2D eigenvalue weighted by Gasteiger charge is -2.29. The Hall–Kier alpha value is -1.63. The largest absolute Gasteiger partial charge is 0.368 e. The van der Waals surface area contributed by atoms with Crippen molar-refractivity contribution in [1.29, 1.82) is 0 Å². The first-order chi connectivity index (χ1) is 7.34. The van der Waals surface area contributed by atoms with Gasteiger partial charge in [-0.15, -0.1) is 0 Å². The highest BCUT2D eigenvalue weighted by atomic mass is 16.2. The SMILES string of the molecule is CC(C)(C(=O)NCC(N)=O)C1NCC(=O)N1. The van der Waals surface area contributed by atoms with Crippen LogP contribution in [0.5, 0.6) is 0 Å². The van der Waals surface area contributed by atoms with Gasteiger partial charge in [-0.25, -0.2) is 0 Å². The predicted octanol–water partition coefficient (Wildman–Crippen LogP) is -2.34. The van der Waals surface area contributed by atoms with Gasteiger partial charge >= 0.3 is 0 Å². The van der Waals surface area contributed by atoms with Crippen molar-refractivity contribution in [2.75, 3.05) is 13.1 Å². The minimum Gasteiger partial charge on any atom is -0.368 e. The molecular formula is C9H16N4O3. The predicted molar refractivity (Wildman–Crippen MR) is 55.9 cm³/mol. The van der Waals surface area contributed by atoms with Crippen molar-refractivity contribution in [2.45, 2.75) is 20.0 Å². The lowest BCUT2D eigenvalue weighted by molar-refractivity contribution is -0.133. The number of primary amides is 1. The minimum atomic E-state index is -0.846. The van der Waals surface area contributed by atoms with Crippen LogP contribution in [0.3, 0.4) is 0 Å². The van der Waals surface area contributed by atoms with Gasteiger partial charge in [0.1, 0.15) is 0 Å². The fourth-order valence-corrected chi connectivity index (χ4v) is 1.42. The van der Waals surface area contributed by atoms with Crippen molar-refractivity contribution in [3.8, 4) is 0 Å². The lowest BCUT2D eigenvalue weighted by Crippen LogP contribution is -2.54. The van der Waals surface area contributed by atoms with E-state index in [9.17, 15) is 14.4 Å². The highest BCUT2D eigenvalue weighted by molar-refractivity contribution is 5.89. The number of amides is 3. The van der Waals surface area contributed by atoms with Gasteiger partial charge in [0.15, 0.2) is 0 Å². The van der Waals surface area contributed by atoms with Gasteiger partial charge in [-0.05, 0) is 13.8 Å². The first kappa shape index (κ1) is 12.4. The highest BCUT2D eigenvalue weighted by Crippen LogP contribution is 2.20. The zero-order chi connectivity index (χ0) is 12.3. The van der Waals surface area contributed by atoms with Gasteiger partial charge in [0.25, 0.3) is 0 Å². The van der Waals surface area contributed by atoms with Gasteiger partial charge in [-0.3, -0.25) is 19.7 Å². The number of hydrogen-bond donors (Lipinski definition) is 4. The maximum absolute atomic E-state index is 11.8. The van der Waals surface area contributed by atoms with Crippen molar-refractivity contribution >= 4 is 17.7 Å². The van der Waals surface area contributed by atoms with Crippen LogP contribution in [0.25, 0.3) is 0 Å². The third-order valence-electron chi connectivity index (χ3n) is 2.50. The summed E-state index contributed by atoms with van der Waals surface area (Å²) >= 11 is 0. The summed E-state index contributed by atoms with van der Waals surface area (Å²) in [4.78, 5) is 33.3. The van der Waals surface area contributed by atoms with Gasteiger partial charge in [-0.1, -0.05) is 0 Å². The van der Waals surface area contributed by atoms with E-state index in [2.05, 4.69) is 16.0 Å². The number of hydrogen-bond acceptors (Lipinski definition) is 4. The summed E-state index contributed by atoms with van der Waals surface area (Å²) in [6, 6.07) is 0. The molecule has 1 saturated heterocycles. The Morgan fingerprint density at radius 1 is 1.56 bits per heavy atom. The van der Waals surface area contributed by atoms with Crippen LogP contribution in [-0.2, 0) is 14.4 Å². The molecule has 0 radical (unpaired) electrons. The molecule has 3 amide bonds. The van der Waals surface area contributed by atoms with Gasteiger partial charge in [-0.2, -0.15) is 0 Å². The Labute approximate surface area is 93.1 Å². The Morgan fingerprint density at radius 2 is 2.19 bits per heavy atom. The Bertz CT molecular complexity index is 327. The monoisotopic (exact) mass is 228 g/mol. The average Bonchev–Trinajstić information content (AvgIpc) is 2.61. The second-order valence-electron chi connectivity index (χ2n) is 4.25. The highest BCUT2D eigenvalue weighted by Gasteiger charge is 2.40. The molecule has 90 valence electrons. The molecule has 1 aliphatic rings. The maximum Gasteiger partial charge on any atom is 0.236 e. The molecule has 1 atom stereocenters. The lowest BCUT2D eigenvalue weighted by atomic mass is 9.88. The zero-order valence-electron chi connectivity index (χ0n) is 9.29. The minimum absolute atomic E-state index is 0.152. The summed E-state index contributed by atoms with van der Waals surface area (Å²) in [5.41, 5.74) is 4.07. The summed E-state index contributed by atoms with van der Waals surface area (Å²) in [5.74, 6) is -1.10. The first-order valence-electron chi connectivity index (χ1n) is 4.93. The van der Waals surface area contributed by atoms with Crippen molar-refractivity contribution in [2.24, 2.45) is 11.1 Å². The molecule has 1 unspecified atom stereocenters. The number of rotatable bonds is 4. The van der Waals surface area contributed by atoms with Crippen LogP contribution in [0.4, 0.5) is 0 Å². The number of nitrogens with two attached hydrogens (primary N) is 1. The number of nitrogens with one attached hydrogen (secondary N) is 3. The third kappa shape index (κ3) is 2.69. The Morgan fingerprint density at radius 3 is 2.62 bits per heavy atom. The first-order valence-corrected chi connectivity index (χ1v) is 4.93. The number of carbonyl (C=O) groups excluding carboxylic acids is 3. The Balaban J connectivity index is 2.58. The van der Waals surface area contributed by atoms with E-state index in [4.69, 9.17) is 5.73 Å². The van der Waals surface area contributed by atoms with E-state index in [1.54, 1.807) is 13.8 Å². The van der Waals surface area contributed by atoms with Gasteiger partial charge in [0, 0.05) is 0 Å². The Kier molecular flexibility index (Phi) is 3.48. The molecule has 0 aromatic rings. The van der Waals surface area contributed by atoms with Crippen LogP contribution in [0.2, 0.25) is 0 Å². The molecule has 0 saturated carbocycles. The van der Waals surface area contributed by atoms with Crippen LogP contribution >= 0.6 is 0 Å². The van der Waals surface area contributed by atoms with Crippen molar-refractivity contribution in [3.63, 3.8) is 0 Å². The van der Waals surface area contributed by atoms with E-state index >= 15 is 0 Å². The molecule has 1 fully saturated rings. The van der Waals surface area contributed by atoms with E-state index in [0.717, 1.165) is 0 Å².